The molecule has 0 amide bonds. The summed E-state index contributed by atoms with van der Waals surface area (Å²) in [5.74, 6) is 0. The Hall–Kier alpha value is -0.640. The Morgan fingerprint density at radius 2 is 1.61 bits per heavy atom. The van der Waals surface area contributed by atoms with Crippen molar-refractivity contribution in [3.05, 3.63) is 5.01 Å². The van der Waals surface area contributed by atoms with Gasteiger partial charge >= 0.3 is 0 Å². The lowest BCUT2D eigenvalue weighted by atomic mass is 10.0. The van der Waals surface area contributed by atoms with Gasteiger partial charge < -0.3 is 5.32 Å². The molecule has 0 aliphatic rings. The van der Waals surface area contributed by atoms with Gasteiger partial charge in [-0.1, -0.05) is 63.7 Å². The molecule has 0 aromatic carbocycles. The van der Waals surface area contributed by atoms with Crippen LogP contribution in [-0.4, -0.2) is 16.2 Å². The summed E-state index contributed by atoms with van der Waals surface area (Å²) in [6.07, 6.45) is 10.4. The predicted octanol–water partition coefficient (Wildman–Crippen LogP) is 4.79. The summed E-state index contributed by atoms with van der Waals surface area (Å²) in [4.78, 5) is 0. The molecule has 4 heteroatoms. The average molecular weight is 269 g/mol. The quantitative estimate of drug-likeness (QED) is 0.621. The van der Waals surface area contributed by atoms with Crippen LogP contribution in [0.15, 0.2) is 0 Å². The highest BCUT2D eigenvalue weighted by atomic mass is 32.1. The second kappa shape index (κ2) is 9.31. The molecule has 0 radical (unpaired) electrons. The maximum atomic E-state index is 4.17. The molecule has 1 aromatic rings. The van der Waals surface area contributed by atoms with Crippen LogP contribution in [0.4, 0.5) is 5.13 Å². The molecule has 0 saturated heterocycles. The van der Waals surface area contributed by atoms with Crippen LogP contribution in [0.3, 0.4) is 0 Å². The summed E-state index contributed by atoms with van der Waals surface area (Å²) in [7, 11) is 0. The first kappa shape index (κ1) is 15.4. The van der Waals surface area contributed by atoms with Crippen molar-refractivity contribution < 1.29 is 0 Å². The lowest BCUT2D eigenvalue weighted by molar-refractivity contribution is 0.526. The molecule has 0 bridgehead atoms. The summed E-state index contributed by atoms with van der Waals surface area (Å²) in [6.45, 7) is 6.52. The molecule has 0 unspecified atom stereocenters. The van der Waals surface area contributed by atoms with Crippen molar-refractivity contribution >= 4 is 16.5 Å². The Morgan fingerprint density at radius 1 is 1.00 bits per heavy atom. The van der Waals surface area contributed by atoms with Gasteiger partial charge in [0.15, 0.2) is 0 Å². The van der Waals surface area contributed by atoms with Crippen LogP contribution in [-0.2, 0) is 0 Å². The van der Waals surface area contributed by atoms with E-state index in [9.17, 15) is 0 Å². The van der Waals surface area contributed by atoms with Gasteiger partial charge in [0.2, 0.25) is 5.13 Å². The maximum absolute atomic E-state index is 4.17. The molecule has 1 rings (SSSR count). The van der Waals surface area contributed by atoms with Crippen LogP contribution in [0.1, 0.15) is 70.2 Å². The number of unbranched alkanes of at least 4 members (excludes halogenated alkanes) is 4. The van der Waals surface area contributed by atoms with Gasteiger partial charge in [0, 0.05) is 6.04 Å². The van der Waals surface area contributed by atoms with E-state index in [0.717, 1.165) is 10.1 Å². The minimum absolute atomic E-state index is 0.579. The van der Waals surface area contributed by atoms with Crippen molar-refractivity contribution in [3.8, 4) is 0 Å². The van der Waals surface area contributed by atoms with Crippen LogP contribution in [0.2, 0.25) is 0 Å². The van der Waals surface area contributed by atoms with Crippen molar-refractivity contribution in [1.29, 1.82) is 0 Å². The molecule has 1 aromatic heterocycles. The summed E-state index contributed by atoms with van der Waals surface area (Å²) in [5, 5.41) is 13.8. The highest BCUT2D eigenvalue weighted by Gasteiger charge is 2.10. The average Bonchev–Trinajstić information content (AvgIpc) is 2.75. The van der Waals surface area contributed by atoms with E-state index < -0.39 is 0 Å². The van der Waals surface area contributed by atoms with Crippen LogP contribution in [0, 0.1) is 6.92 Å². The highest BCUT2D eigenvalue weighted by Crippen LogP contribution is 2.19. The van der Waals surface area contributed by atoms with Crippen molar-refractivity contribution in [2.75, 3.05) is 5.32 Å². The van der Waals surface area contributed by atoms with Crippen molar-refractivity contribution in [1.82, 2.24) is 10.2 Å². The second-order valence-corrected chi connectivity index (χ2v) is 6.14. The smallest absolute Gasteiger partial charge is 0.205 e. The number of hydrogen-bond donors (Lipinski definition) is 1. The molecular weight excluding hydrogens is 242 g/mol. The van der Waals surface area contributed by atoms with Gasteiger partial charge in [-0.15, -0.1) is 10.2 Å². The molecule has 0 spiro atoms. The van der Waals surface area contributed by atoms with Crippen LogP contribution in [0.25, 0.3) is 0 Å². The minimum atomic E-state index is 0.579. The first-order valence-corrected chi connectivity index (χ1v) is 8.14. The SMILES string of the molecule is CCCCCC(CCCCC)Nc1nnc(C)s1. The Morgan fingerprint density at radius 3 is 2.06 bits per heavy atom. The molecule has 0 fully saturated rings. The molecule has 0 aliphatic carbocycles. The van der Waals surface area contributed by atoms with Crippen molar-refractivity contribution in [2.24, 2.45) is 0 Å². The second-order valence-electron chi connectivity index (χ2n) is 4.96. The van der Waals surface area contributed by atoms with Gasteiger partial charge in [-0.2, -0.15) is 0 Å². The molecule has 3 nitrogen and oxygen atoms in total. The van der Waals surface area contributed by atoms with E-state index >= 15 is 0 Å². The maximum Gasteiger partial charge on any atom is 0.205 e. The zero-order chi connectivity index (χ0) is 13.2. The fourth-order valence-electron chi connectivity index (χ4n) is 2.10. The molecule has 18 heavy (non-hydrogen) atoms. The van der Waals surface area contributed by atoms with Crippen molar-refractivity contribution in [2.45, 2.75) is 78.2 Å². The number of anilines is 1. The summed E-state index contributed by atoms with van der Waals surface area (Å²) >= 11 is 1.66. The first-order chi connectivity index (χ1) is 8.76. The Bertz CT molecular complexity index is 302. The fraction of sp³-hybridized carbons (Fsp3) is 0.857. The lowest BCUT2D eigenvalue weighted by Crippen LogP contribution is -2.19. The summed E-state index contributed by atoms with van der Waals surface area (Å²) < 4.78 is 0. The first-order valence-electron chi connectivity index (χ1n) is 7.32. The number of nitrogens with zero attached hydrogens (tertiary/aromatic N) is 2. The third-order valence-electron chi connectivity index (χ3n) is 3.17. The zero-order valence-electron chi connectivity index (χ0n) is 12.0. The van der Waals surface area contributed by atoms with Gasteiger partial charge in [-0.25, -0.2) is 0 Å². The fourth-order valence-corrected chi connectivity index (χ4v) is 2.77. The number of nitrogens with one attached hydrogen (secondary N) is 1. The summed E-state index contributed by atoms with van der Waals surface area (Å²) in [6, 6.07) is 0.579. The number of aromatic nitrogens is 2. The largest absolute Gasteiger partial charge is 0.357 e. The highest BCUT2D eigenvalue weighted by molar-refractivity contribution is 7.15. The molecule has 1 N–H and O–H groups in total. The van der Waals surface area contributed by atoms with Crippen LogP contribution < -0.4 is 5.32 Å². The normalized spacial score (nSPS) is 11.1. The number of aryl methyl sites for hydroxylation is 1. The predicted molar refractivity (Wildman–Crippen MR) is 80.3 cm³/mol. The molecule has 1 heterocycles. The van der Waals surface area contributed by atoms with Gasteiger partial charge in [0.25, 0.3) is 0 Å². The van der Waals surface area contributed by atoms with Gasteiger partial charge in [0.1, 0.15) is 5.01 Å². The van der Waals surface area contributed by atoms with E-state index in [-0.39, 0.29) is 0 Å². The summed E-state index contributed by atoms with van der Waals surface area (Å²) in [5.41, 5.74) is 0. The van der Waals surface area contributed by atoms with Gasteiger partial charge in [0.05, 0.1) is 0 Å². The Balaban J connectivity index is 2.37. The standard InChI is InChI=1S/C14H27N3S/c1-4-6-8-10-13(11-9-7-5-2)15-14-17-16-12(3)18-14/h13H,4-11H2,1-3H3,(H,15,17). The van der Waals surface area contributed by atoms with E-state index in [4.69, 9.17) is 0 Å². The molecule has 104 valence electrons. The van der Waals surface area contributed by atoms with Crippen LogP contribution in [0.5, 0.6) is 0 Å². The molecular formula is C14H27N3S. The van der Waals surface area contributed by atoms with Crippen LogP contribution >= 0.6 is 11.3 Å². The molecule has 0 atom stereocenters. The minimum Gasteiger partial charge on any atom is -0.357 e. The Kier molecular flexibility index (Phi) is 7.98. The topological polar surface area (TPSA) is 37.8 Å². The van der Waals surface area contributed by atoms with Gasteiger partial charge in [-0.05, 0) is 19.8 Å². The lowest BCUT2D eigenvalue weighted by Gasteiger charge is -2.17. The zero-order valence-corrected chi connectivity index (χ0v) is 12.9. The number of hydrogen-bond acceptors (Lipinski definition) is 4. The number of rotatable bonds is 10. The van der Waals surface area contributed by atoms with E-state index in [0.29, 0.717) is 6.04 Å². The monoisotopic (exact) mass is 269 g/mol. The van der Waals surface area contributed by atoms with E-state index in [1.165, 1.54) is 51.4 Å². The van der Waals surface area contributed by atoms with Crippen molar-refractivity contribution in [3.63, 3.8) is 0 Å². The van der Waals surface area contributed by atoms with E-state index in [1.54, 1.807) is 11.3 Å². The molecule has 0 aliphatic heterocycles. The molecule has 0 saturated carbocycles. The van der Waals surface area contributed by atoms with E-state index in [1.807, 2.05) is 6.92 Å². The Labute approximate surface area is 115 Å². The third-order valence-corrected chi connectivity index (χ3v) is 3.94. The van der Waals surface area contributed by atoms with E-state index in [2.05, 4.69) is 29.4 Å². The van der Waals surface area contributed by atoms with Gasteiger partial charge in [-0.3, -0.25) is 0 Å². The third kappa shape index (κ3) is 6.34.